The number of esters is 4. The Balaban J connectivity index is 0.931. The molecule has 0 aliphatic heterocycles. The molecular formula is C72H58F4N2O12S3. The van der Waals surface area contributed by atoms with Crippen molar-refractivity contribution in [3.05, 3.63) is 178 Å². The second-order valence-electron chi connectivity index (χ2n) is 25.7. The molecule has 8 aliphatic carbocycles. The maximum Gasteiger partial charge on any atom is 0.333 e. The molecular weight excluding hydrogens is 1260 g/mol. The third-order valence-electron chi connectivity index (χ3n) is 20.5. The molecule has 0 radical (unpaired) electrons. The van der Waals surface area contributed by atoms with Gasteiger partial charge >= 0.3 is 23.9 Å². The SMILES string of the molecule is O=C1C(=Nc2cc3c(s2)-c2sc4c(c2C3(C(=O)OCc2ccccc2)C(=O)OCc2ccccc2)C(C(=O)OCc2ccccc2)(C(=O)OCc2ccccc2)c2cc(N=C3C(=O)C5CC6CC(F)C(F)CC6CC5C3=O)sc2-4)C(=O)C2CC3CC(F)C(F)CC3CC12. The maximum absolute atomic E-state index is 16.3. The van der Waals surface area contributed by atoms with E-state index in [4.69, 9.17) is 28.9 Å². The summed E-state index contributed by atoms with van der Waals surface area (Å²) in [7, 11) is 0. The first-order valence-corrected chi connectivity index (χ1v) is 33.7. The van der Waals surface area contributed by atoms with Gasteiger partial charge in [0.2, 0.25) is 10.8 Å². The Hall–Kier alpha value is -8.40. The van der Waals surface area contributed by atoms with Gasteiger partial charge in [0.1, 0.15) is 61.1 Å². The fourth-order valence-corrected chi connectivity index (χ4v) is 19.9. The number of halogens is 4. The predicted molar refractivity (Wildman–Crippen MR) is 336 cm³/mol. The van der Waals surface area contributed by atoms with Crippen molar-refractivity contribution in [2.45, 2.75) is 113 Å². The summed E-state index contributed by atoms with van der Waals surface area (Å²) in [5.74, 6) is -11.5. The minimum atomic E-state index is -2.76. The van der Waals surface area contributed by atoms with Crippen LogP contribution in [0.4, 0.5) is 27.6 Å². The van der Waals surface area contributed by atoms with Gasteiger partial charge in [-0.05, 0) is 109 Å². The van der Waals surface area contributed by atoms with Crippen LogP contribution < -0.4 is 0 Å². The molecule has 0 spiro atoms. The van der Waals surface area contributed by atoms with E-state index < -0.39 is 133 Å². The highest BCUT2D eigenvalue weighted by molar-refractivity contribution is 7.29. The van der Waals surface area contributed by atoms with Gasteiger partial charge in [0.15, 0.2) is 34.6 Å². The molecule has 0 bridgehead atoms. The van der Waals surface area contributed by atoms with Gasteiger partial charge in [-0.25, -0.2) is 27.5 Å². The summed E-state index contributed by atoms with van der Waals surface area (Å²) >= 11 is 2.85. The number of Topliss-reactive ketones (excluding diaryl/α,β-unsaturated/α-hetero) is 4. The van der Waals surface area contributed by atoms with Gasteiger partial charge in [-0.1, -0.05) is 121 Å². The average Bonchev–Trinajstić information content (AvgIpc) is 1.49. The van der Waals surface area contributed by atoms with Crippen LogP contribution in [0.25, 0.3) is 19.5 Å². The number of aliphatic imine (C=N–C) groups is 2. The standard InChI is InChI=1S/C72H58F4N2O12S3/c73-49-25-39-21-43-44(22-40(39)26-50(49)74)60(80)57(59(43)79)77-53-29-47-63(91-53)65-55(71(47,67(83)87-31-35-13-5-1-6-14-35)68(84)88-32-36-15-7-2-8-16-36)56-66(93-65)64-48(72(56,69(85)89-33-37-17-9-3-10-18-37)70(86)90-34-38-19-11-4-12-20-38)30-54(92-64)78-58-61(81)45-23-41-27-51(75)52(76)28-42(41)24-46(45)62(58)82/h1-20,29-30,39-46,49-52H,21-28,31-34H2. The number of carbonyl (C=O) groups is 8. The Morgan fingerprint density at radius 3 is 0.892 bits per heavy atom. The zero-order valence-corrected chi connectivity index (χ0v) is 52.1. The summed E-state index contributed by atoms with van der Waals surface area (Å²) in [5, 5.41) is 0.0300. The minimum absolute atomic E-state index is 0.0150. The van der Waals surface area contributed by atoms with Crippen molar-refractivity contribution < 1.29 is 74.9 Å². The monoisotopic (exact) mass is 1310 g/mol. The number of hydrogen-bond acceptors (Lipinski definition) is 17. The molecule has 21 heteroatoms. The molecule has 12 atom stereocenters. The van der Waals surface area contributed by atoms with Crippen LogP contribution in [-0.2, 0) is 94.6 Å². The Kier molecular flexibility index (Phi) is 15.6. The normalized spacial score (nSPS) is 27.4. The molecule has 6 fully saturated rings. The molecule has 3 aromatic heterocycles. The van der Waals surface area contributed by atoms with Crippen LogP contribution in [0.1, 0.15) is 95.9 Å². The molecule has 15 rings (SSSR count). The molecule has 12 unspecified atom stereocenters. The van der Waals surface area contributed by atoms with E-state index in [-0.39, 0.29) is 138 Å². The number of thiophene rings is 3. The molecule has 0 saturated heterocycles. The van der Waals surface area contributed by atoms with Crippen LogP contribution in [0.2, 0.25) is 0 Å². The number of carbonyl (C=O) groups excluding carboxylic acids is 8. The maximum atomic E-state index is 16.3. The average molecular weight is 1320 g/mol. The van der Waals surface area contributed by atoms with Crippen molar-refractivity contribution >= 4 is 102 Å². The summed E-state index contributed by atoms with van der Waals surface area (Å²) in [6.07, 6.45) is -6.26. The van der Waals surface area contributed by atoms with E-state index in [9.17, 15) is 36.7 Å². The molecule has 474 valence electrons. The summed E-state index contributed by atoms with van der Waals surface area (Å²) in [6, 6.07) is 37.4. The molecule has 8 aliphatic rings. The predicted octanol–water partition coefficient (Wildman–Crippen LogP) is 13.3. The highest BCUT2D eigenvalue weighted by Gasteiger charge is 2.69. The smallest absolute Gasteiger partial charge is 0.333 e. The van der Waals surface area contributed by atoms with Crippen molar-refractivity contribution in [3.63, 3.8) is 0 Å². The van der Waals surface area contributed by atoms with Crippen LogP contribution >= 0.6 is 34.0 Å². The van der Waals surface area contributed by atoms with Gasteiger partial charge in [-0.2, -0.15) is 0 Å². The molecule has 0 amide bonds. The van der Waals surface area contributed by atoms with Crippen molar-refractivity contribution in [2.24, 2.45) is 57.3 Å². The second kappa shape index (κ2) is 23.9. The number of nitrogens with zero attached hydrogens (tertiary/aromatic N) is 2. The van der Waals surface area contributed by atoms with E-state index in [0.717, 1.165) is 34.0 Å². The first-order valence-electron chi connectivity index (χ1n) is 31.2. The van der Waals surface area contributed by atoms with E-state index in [1.54, 1.807) is 121 Å². The molecule has 14 nitrogen and oxygen atoms in total. The zero-order chi connectivity index (χ0) is 64.2. The number of benzene rings is 4. The molecule has 93 heavy (non-hydrogen) atoms. The number of fused-ring (bicyclic) bond motifs is 11. The van der Waals surface area contributed by atoms with Gasteiger partial charge in [0.05, 0.1) is 19.5 Å². The number of hydrogen-bond donors (Lipinski definition) is 0. The second-order valence-corrected chi connectivity index (χ2v) is 28.8. The fraction of sp³-hybridized carbons (Fsp3) is 0.361. The van der Waals surface area contributed by atoms with E-state index in [1.165, 1.54) is 12.1 Å². The van der Waals surface area contributed by atoms with Gasteiger partial charge in [-0.15, -0.1) is 34.0 Å². The van der Waals surface area contributed by atoms with Gasteiger partial charge in [-0.3, -0.25) is 38.4 Å². The van der Waals surface area contributed by atoms with E-state index >= 15 is 19.2 Å². The third kappa shape index (κ3) is 10.0. The van der Waals surface area contributed by atoms with Crippen LogP contribution in [-0.4, -0.2) is 83.1 Å². The Bertz CT molecular complexity index is 3840. The Morgan fingerprint density at radius 2 is 0.634 bits per heavy atom. The Labute approximate surface area is 542 Å². The fourth-order valence-electron chi connectivity index (χ4n) is 16.0. The van der Waals surface area contributed by atoms with Crippen LogP contribution in [0.15, 0.2) is 143 Å². The quantitative estimate of drug-likeness (QED) is 0.0433. The number of rotatable bonds is 14. The largest absolute Gasteiger partial charge is 0.459 e. The zero-order valence-electron chi connectivity index (χ0n) is 49.6. The molecule has 4 aromatic carbocycles. The lowest BCUT2D eigenvalue weighted by atomic mass is 9.63. The molecule has 0 N–H and O–H groups in total. The number of ether oxygens (including phenoxy) is 4. The van der Waals surface area contributed by atoms with Crippen molar-refractivity contribution in [3.8, 4) is 19.5 Å². The minimum Gasteiger partial charge on any atom is -0.459 e. The van der Waals surface area contributed by atoms with Crippen molar-refractivity contribution in [1.29, 1.82) is 0 Å². The summed E-state index contributed by atoms with van der Waals surface area (Å²) in [6.45, 7) is -1.57. The summed E-state index contributed by atoms with van der Waals surface area (Å²) < 4.78 is 84.5. The molecule has 7 aromatic rings. The lowest BCUT2D eigenvalue weighted by Gasteiger charge is -2.42. The van der Waals surface area contributed by atoms with Gasteiger partial charge in [0, 0.05) is 45.9 Å². The van der Waals surface area contributed by atoms with Gasteiger partial charge in [0.25, 0.3) is 0 Å². The first kappa shape index (κ1) is 60.8. The highest BCUT2D eigenvalue weighted by atomic mass is 32.1. The lowest BCUT2D eigenvalue weighted by Crippen LogP contribution is -2.50. The highest BCUT2D eigenvalue weighted by Crippen LogP contribution is 2.69. The van der Waals surface area contributed by atoms with Gasteiger partial charge < -0.3 is 18.9 Å². The van der Waals surface area contributed by atoms with E-state index in [2.05, 4.69) is 0 Å². The summed E-state index contributed by atoms with van der Waals surface area (Å²) in [5.41, 5.74) is -4.68. The summed E-state index contributed by atoms with van der Waals surface area (Å²) in [4.78, 5) is 133. The lowest BCUT2D eigenvalue weighted by molar-refractivity contribution is -0.167. The van der Waals surface area contributed by atoms with Crippen molar-refractivity contribution in [2.75, 3.05) is 0 Å². The molecule has 6 saturated carbocycles. The Morgan fingerprint density at radius 1 is 0.376 bits per heavy atom. The topological polar surface area (TPSA) is 198 Å². The van der Waals surface area contributed by atoms with E-state index in [1.807, 2.05) is 0 Å². The van der Waals surface area contributed by atoms with E-state index in [0.29, 0.717) is 22.3 Å². The first-order chi connectivity index (χ1) is 45.0. The van der Waals surface area contributed by atoms with Crippen LogP contribution in [0.5, 0.6) is 0 Å². The molecule has 3 heterocycles. The van der Waals surface area contributed by atoms with Crippen molar-refractivity contribution in [1.82, 2.24) is 0 Å². The number of alkyl halides is 4. The van der Waals surface area contributed by atoms with Crippen LogP contribution in [0, 0.1) is 47.3 Å². The number of ketones is 4. The third-order valence-corrected chi connectivity index (χ3v) is 24.1. The van der Waals surface area contributed by atoms with Crippen LogP contribution in [0.3, 0.4) is 0 Å².